The second-order valence-electron chi connectivity index (χ2n) is 5.60. The van der Waals surface area contributed by atoms with Gasteiger partial charge < -0.3 is 15.7 Å². The van der Waals surface area contributed by atoms with Gasteiger partial charge in [-0.05, 0) is 43.5 Å². The number of amides is 2. The molecule has 1 aliphatic rings. The molecule has 23 heavy (non-hydrogen) atoms. The molecule has 7 heteroatoms. The number of aliphatic carboxylic acids is 1. The van der Waals surface area contributed by atoms with Crippen molar-refractivity contribution in [1.29, 1.82) is 0 Å². The number of hydrogen-bond acceptors (Lipinski definition) is 3. The van der Waals surface area contributed by atoms with E-state index >= 15 is 0 Å². The van der Waals surface area contributed by atoms with Crippen molar-refractivity contribution in [2.75, 3.05) is 13.1 Å². The molecule has 1 aromatic rings. The molecule has 0 aliphatic heterocycles. The molecule has 0 unspecified atom stereocenters. The van der Waals surface area contributed by atoms with Crippen molar-refractivity contribution in [1.82, 2.24) is 10.6 Å². The van der Waals surface area contributed by atoms with Crippen molar-refractivity contribution in [3.05, 3.63) is 35.6 Å². The van der Waals surface area contributed by atoms with E-state index in [-0.39, 0.29) is 30.8 Å². The summed E-state index contributed by atoms with van der Waals surface area (Å²) in [6.45, 7) is 0.511. The van der Waals surface area contributed by atoms with Crippen LogP contribution >= 0.6 is 0 Å². The summed E-state index contributed by atoms with van der Waals surface area (Å²) >= 11 is 0. The highest BCUT2D eigenvalue weighted by molar-refractivity contribution is 5.94. The fourth-order valence-electron chi connectivity index (χ4n) is 2.65. The SMILES string of the molecule is O=C(NCCNC(=O)[C@H]1CC[C@@H](C(=O)O)C1)c1ccc(F)cc1. The number of carboxylic acids is 1. The van der Waals surface area contributed by atoms with Gasteiger partial charge in [0.2, 0.25) is 5.91 Å². The lowest BCUT2D eigenvalue weighted by molar-refractivity contribution is -0.141. The Bertz CT molecular complexity index is 588. The maximum atomic E-state index is 12.8. The predicted molar refractivity (Wildman–Crippen MR) is 80.2 cm³/mol. The average molecular weight is 322 g/mol. The van der Waals surface area contributed by atoms with Crippen molar-refractivity contribution in [2.45, 2.75) is 19.3 Å². The van der Waals surface area contributed by atoms with Gasteiger partial charge >= 0.3 is 5.97 Å². The summed E-state index contributed by atoms with van der Waals surface area (Å²) in [5, 5.41) is 14.2. The fraction of sp³-hybridized carbons (Fsp3) is 0.438. The van der Waals surface area contributed by atoms with Crippen LogP contribution in [-0.2, 0) is 9.59 Å². The first-order valence-electron chi connectivity index (χ1n) is 7.51. The molecule has 124 valence electrons. The van der Waals surface area contributed by atoms with E-state index in [1.54, 1.807) is 0 Å². The number of carbonyl (C=O) groups is 3. The number of nitrogens with one attached hydrogen (secondary N) is 2. The molecule has 0 aromatic heterocycles. The maximum Gasteiger partial charge on any atom is 0.306 e. The Morgan fingerprint density at radius 2 is 1.65 bits per heavy atom. The molecule has 0 heterocycles. The standard InChI is InChI=1S/C16H19FN2O4/c17-13-5-3-10(4-6-13)14(20)18-7-8-19-15(21)11-1-2-12(9-11)16(22)23/h3-6,11-12H,1-2,7-9H2,(H,18,20)(H,19,21)(H,22,23)/t11-,12+/m0/s1. The van der Waals surface area contributed by atoms with Gasteiger partial charge in [-0.25, -0.2) is 4.39 Å². The molecule has 3 N–H and O–H groups in total. The van der Waals surface area contributed by atoms with E-state index in [1.165, 1.54) is 24.3 Å². The second kappa shape index (κ2) is 7.71. The topological polar surface area (TPSA) is 95.5 Å². The maximum absolute atomic E-state index is 12.8. The smallest absolute Gasteiger partial charge is 0.306 e. The average Bonchev–Trinajstić information content (AvgIpc) is 3.02. The van der Waals surface area contributed by atoms with Crippen molar-refractivity contribution in [2.24, 2.45) is 11.8 Å². The van der Waals surface area contributed by atoms with Crippen molar-refractivity contribution < 1.29 is 23.9 Å². The summed E-state index contributed by atoms with van der Waals surface area (Å²) in [5.41, 5.74) is 0.345. The van der Waals surface area contributed by atoms with Gasteiger partial charge in [-0.2, -0.15) is 0 Å². The minimum absolute atomic E-state index is 0.176. The number of rotatable bonds is 6. The molecule has 2 rings (SSSR count). The monoisotopic (exact) mass is 322 g/mol. The summed E-state index contributed by atoms with van der Waals surface area (Å²) in [6, 6.07) is 5.17. The molecule has 1 aromatic carbocycles. The summed E-state index contributed by atoms with van der Waals surface area (Å²) in [7, 11) is 0. The summed E-state index contributed by atoms with van der Waals surface area (Å²) in [5.74, 6) is -2.50. The van der Waals surface area contributed by atoms with Crippen LogP contribution in [0.2, 0.25) is 0 Å². The van der Waals surface area contributed by atoms with Gasteiger partial charge in [0.1, 0.15) is 5.82 Å². The van der Waals surface area contributed by atoms with E-state index in [0.29, 0.717) is 24.8 Å². The predicted octanol–water partition coefficient (Wildman–Crippen LogP) is 1.17. The molecule has 1 aliphatic carbocycles. The van der Waals surface area contributed by atoms with Crippen LogP contribution in [0, 0.1) is 17.7 Å². The van der Waals surface area contributed by atoms with E-state index in [4.69, 9.17) is 5.11 Å². The molecular formula is C16H19FN2O4. The van der Waals surface area contributed by atoms with Gasteiger partial charge in [0.05, 0.1) is 5.92 Å². The number of halogens is 1. The van der Waals surface area contributed by atoms with E-state index in [1.807, 2.05) is 0 Å². The van der Waals surface area contributed by atoms with Crippen LogP contribution in [0.15, 0.2) is 24.3 Å². The molecule has 2 atom stereocenters. The molecule has 1 saturated carbocycles. The first-order valence-corrected chi connectivity index (χ1v) is 7.51. The normalized spacial score (nSPS) is 20.0. The first-order chi connectivity index (χ1) is 11.0. The first kappa shape index (κ1) is 16.9. The fourth-order valence-corrected chi connectivity index (χ4v) is 2.65. The Hall–Kier alpha value is -2.44. The van der Waals surface area contributed by atoms with E-state index in [2.05, 4.69) is 10.6 Å². The van der Waals surface area contributed by atoms with Crippen LogP contribution < -0.4 is 10.6 Å². The lowest BCUT2D eigenvalue weighted by Crippen LogP contribution is -2.37. The third kappa shape index (κ3) is 4.77. The van der Waals surface area contributed by atoms with Gasteiger partial charge in [-0.15, -0.1) is 0 Å². The van der Waals surface area contributed by atoms with Gasteiger partial charge in [0.15, 0.2) is 0 Å². The molecule has 0 spiro atoms. The lowest BCUT2D eigenvalue weighted by atomic mass is 10.0. The van der Waals surface area contributed by atoms with Gasteiger partial charge in [0, 0.05) is 24.6 Å². The molecular weight excluding hydrogens is 303 g/mol. The van der Waals surface area contributed by atoms with Crippen molar-refractivity contribution >= 4 is 17.8 Å². The van der Waals surface area contributed by atoms with Crippen LogP contribution in [0.25, 0.3) is 0 Å². The zero-order valence-corrected chi connectivity index (χ0v) is 12.5. The molecule has 0 saturated heterocycles. The Balaban J connectivity index is 1.67. The third-order valence-electron chi connectivity index (χ3n) is 3.97. The van der Waals surface area contributed by atoms with Gasteiger partial charge in [-0.1, -0.05) is 0 Å². The Morgan fingerprint density at radius 3 is 2.26 bits per heavy atom. The Morgan fingerprint density at radius 1 is 1.04 bits per heavy atom. The highest BCUT2D eigenvalue weighted by atomic mass is 19.1. The Labute approximate surface area is 133 Å². The number of carboxylic acid groups (broad SMARTS) is 1. The third-order valence-corrected chi connectivity index (χ3v) is 3.97. The zero-order chi connectivity index (χ0) is 16.8. The highest BCUT2D eigenvalue weighted by Crippen LogP contribution is 2.30. The summed E-state index contributed by atoms with van der Waals surface area (Å²) in [4.78, 5) is 34.5. The van der Waals surface area contributed by atoms with Crippen molar-refractivity contribution in [3.63, 3.8) is 0 Å². The Kier molecular flexibility index (Phi) is 5.67. The highest BCUT2D eigenvalue weighted by Gasteiger charge is 2.33. The lowest BCUT2D eigenvalue weighted by Gasteiger charge is -2.11. The van der Waals surface area contributed by atoms with Crippen molar-refractivity contribution in [3.8, 4) is 0 Å². The molecule has 0 bridgehead atoms. The number of hydrogen-bond donors (Lipinski definition) is 3. The van der Waals surface area contributed by atoms with Crippen LogP contribution in [-0.4, -0.2) is 36.0 Å². The minimum atomic E-state index is -0.855. The van der Waals surface area contributed by atoms with Gasteiger partial charge in [0.25, 0.3) is 5.91 Å². The molecule has 1 fully saturated rings. The van der Waals surface area contributed by atoms with Gasteiger partial charge in [-0.3, -0.25) is 14.4 Å². The van der Waals surface area contributed by atoms with E-state index < -0.39 is 17.7 Å². The number of carbonyl (C=O) groups excluding carboxylic acids is 2. The largest absolute Gasteiger partial charge is 0.481 e. The molecule has 6 nitrogen and oxygen atoms in total. The van der Waals surface area contributed by atoms with Crippen LogP contribution in [0.3, 0.4) is 0 Å². The molecule has 2 amide bonds. The molecule has 0 radical (unpaired) electrons. The summed E-state index contributed by atoms with van der Waals surface area (Å²) < 4.78 is 12.8. The van der Waals surface area contributed by atoms with Crippen LogP contribution in [0.1, 0.15) is 29.6 Å². The second-order valence-corrected chi connectivity index (χ2v) is 5.60. The minimum Gasteiger partial charge on any atom is -0.481 e. The van der Waals surface area contributed by atoms with Crippen LogP contribution in [0.4, 0.5) is 4.39 Å². The van der Waals surface area contributed by atoms with Crippen LogP contribution in [0.5, 0.6) is 0 Å². The summed E-state index contributed by atoms with van der Waals surface area (Å²) in [6.07, 6.45) is 1.46. The van der Waals surface area contributed by atoms with E-state index in [0.717, 1.165) is 0 Å². The van der Waals surface area contributed by atoms with E-state index in [9.17, 15) is 18.8 Å². The number of benzene rings is 1. The zero-order valence-electron chi connectivity index (χ0n) is 12.5. The quantitative estimate of drug-likeness (QED) is 0.685.